The Kier molecular flexibility index (Phi) is 3.99. The Morgan fingerprint density at radius 2 is 2.32 bits per heavy atom. The Morgan fingerprint density at radius 3 is 2.89 bits per heavy atom. The van der Waals surface area contributed by atoms with Gasteiger partial charge < -0.3 is 15.6 Å². The number of nitrogens with two attached hydrogens (primary N) is 1. The van der Waals surface area contributed by atoms with Gasteiger partial charge >= 0.3 is 0 Å². The smallest absolute Gasteiger partial charge is 0.268 e. The van der Waals surface area contributed by atoms with Crippen LogP contribution in [0.4, 0.5) is 0 Å². The van der Waals surface area contributed by atoms with Crippen LogP contribution >= 0.6 is 0 Å². The number of aromatic nitrogens is 1. The molecule has 0 aliphatic heterocycles. The van der Waals surface area contributed by atoms with Crippen LogP contribution in [0.3, 0.4) is 0 Å². The van der Waals surface area contributed by atoms with Crippen molar-refractivity contribution in [2.75, 3.05) is 6.54 Å². The van der Waals surface area contributed by atoms with Gasteiger partial charge in [-0.1, -0.05) is 20.8 Å². The summed E-state index contributed by atoms with van der Waals surface area (Å²) in [5.41, 5.74) is 6.61. The summed E-state index contributed by atoms with van der Waals surface area (Å²) in [5.74, 6) is 0.548. The molecule has 3 N–H and O–H groups in total. The molecule has 19 heavy (non-hydrogen) atoms. The molecule has 4 heteroatoms. The van der Waals surface area contributed by atoms with Crippen molar-refractivity contribution in [3.8, 4) is 0 Å². The molecule has 106 valence electrons. The van der Waals surface area contributed by atoms with Crippen LogP contribution in [0.5, 0.6) is 0 Å². The summed E-state index contributed by atoms with van der Waals surface area (Å²) in [5, 5.41) is 3.16. The zero-order valence-corrected chi connectivity index (χ0v) is 12.1. The second-order valence-corrected chi connectivity index (χ2v) is 6.10. The van der Waals surface area contributed by atoms with Crippen molar-refractivity contribution in [2.45, 2.75) is 46.2 Å². The number of hydrogen-bond donors (Lipinski definition) is 2. The molecule has 1 aromatic heterocycles. The van der Waals surface area contributed by atoms with Gasteiger partial charge in [-0.05, 0) is 42.9 Å². The predicted molar refractivity (Wildman–Crippen MR) is 76.9 cm³/mol. The number of nitrogens with one attached hydrogen (secondary N) is 1. The fourth-order valence-electron chi connectivity index (χ4n) is 2.95. The quantitative estimate of drug-likeness (QED) is 0.853. The van der Waals surface area contributed by atoms with Crippen molar-refractivity contribution in [1.82, 2.24) is 9.88 Å². The highest BCUT2D eigenvalue weighted by molar-refractivity contribution is 5.93. The molecule has 1 fully saturated rings. The Morgan fingerprint density at radius 1 is 1.58 bits per heavy atom. The first-order chi connectivity index (χ1) is 9.00. The predicted octanol–water partition coefficient (Wildman–Crippen LogP) is 2.00. The minimum atomic E-state index is 0.0343. The van der Waals surface area contributed by atoms with E-state index in [0.717, 1.165) is 25.1 Å². The maximum atomic E-state index is 12.3. The molecule has 2 rings (SSSR count). The zero-order valence-electron chi connectivity index (χ0n) is 12.1. The van der Waals surface area contributed by atoms with Gasteiger partial charge in [-0.25, -0.2) is 0 Å². The molecule has 0 bridgehead atoms. The number of amides is 1. The normalized spacial score (nSPS) is 24.8. The van der Waals surface area contributed by atoms with Crippen LogP contribution in [0.2, 0.25) is 0 Å². The van der Waals surface area contributed by atoms with Crippen LogP contribution in [0, 0.1) is 11.3 Å². The Labute approximate surface area is 115 Å². The van der Waals surface area contributed by atoms with E-state index in [1.165, 1.54) is 0 Å². The first-order valence-corrected chi connectivity index (χ1v) is 7.16. The van der Waals surface area contributed by atoms with Gasteiger partial charge in [0.2, 0.25) is 0 Å². The minimum absolute atomic E-state index is 0.0343. The number of rotatable bonds is 5. The lowest BCUT2D eigenvalue weighted by atomic mass is 9.58. The maximum Gasteiger partial charge on any atom is 0.268 e. The summed E-state index contributed by atoms with van der Waals surface area (Å²) in [6, 6.07) is 4.05. The lowest BCUT2D eigenvalue weighted by molar-refractivity contribution is 0.0197. The van der Waals surface area contributed by atoms with Crippen molar-refractivity contribution in [1.29, 1.82) is 0 Å². The summed E-state index contributed by atoms with van der Waals surface area (Å²) in [7, 11) is 0. The largest absolute Gasteiger partial charge is 0.347 e. The molecule has 1 aliphatic carbocycles. The van der Waals surface area contributed by atoms with Crippen LogP contribution in [0.25, 0.3) is 0 Å². The van der Waals surface area contributed by atoms with E-state index in [0.29, 0.717) is 12.5 Å². The SMILES string of the molecule is CCCn1cccc1C(=O)NC1CC(CN)C1(C)C. The third kappa shape index (κ3) is 2.54. The summed E-state index contributed by atoms with van der Waals surface area (Å²) in [6.45, 7) is 8.07. The summed E-state index contributed by atoms with van der Waals surface area (Å²) < 4.78 is 2.02. The van der Waals surface area contributed by atoms with Crippen LogP contribution in [0.1, 0.15) is 44.1 Å². The van der Waals surface area contributed by atoms with Gasteiger partial charge in [0.25, 0.3) is 5.91 Å². The monoisotopic (exact) mass is 263 g/mol. The number of carbonyl (C=O) groups is 1. The van der Waals surface area contributed by atoms with Crippen molar-refractivity contribution in [3.05, 3.63) is 24.0 Å². The molecule has 4 nitrogen and oxygen atoms in total. The standard InChI is InChI=1S/C15H25N3O/c1-4-7-18-8-5-6-12(18)14(19)17-13-9-11(10-16)15(13,2)3/h5-6,8,11,13H,4,7,9-10,16H2,1-3H3,(H,17,19). The molecular weight excluding hydrogens is 238 g/mol. The topological polar surface area (TPSA) is 60.0 Å². The van der Waals surface area contributed by atoms with Gasteiger partial charge in [0.15, 0.2) is 0 Å². The second-order valence-electron chi connectivity index (χ2n) is 6.10. The fourth-order valence-corrected chi connectivity index (χ4v) is 2.95. The molecule has 2 atom stereocenters. The molecule has 1 amide bonds. The maximum absolute atomic E-state index is 12.3. The van der Waals surface area contributed by atoms with Crippen molar-refractivity contribution in [3.63, 3.8) is 0 Å². The Balaban J connectivity index is 2.00. The van der Waals surface area contributed by atoms with Gasteiger partial charge in [0, 0.05) is 18.8 Å². The third-order valence-electron chi connectivity index (χ3n) is 4.59. The highest BCUT2D eigenvalue weighted by atomic mass is 16.2. The molecule has 1 aromatic rings. The average Bonchev–Trinajstić information content (AvgIpc) is 2.82. The van der Waals surface area contributed by atoms with Gasteiger partial charge in [0.1, 0.15) is 5.69 Å². The first kappa shape index (κ1) is 14.1. The van der Waals surface area contributed by atoms with E-state index in [-0.39, 0.29) is 17.4 Å². The highest BCUT2D eigenvalue weighted by Crippen LogP contribution is 2.45. The third-order valence-corrected chi connectivity index (χ3v) is 4.59. The first-order valence-electron chi connectivity index (χ1n) is 7.16. The summed E-state index contributed by atoms with van der Waals surface area (Å²) >= 11 is 0. The minimum Gasteiger partial charge on any atom is -0.347 e. The molecule has 0 aromatic carbocycles. The van der Waals surface area contributed by atoms with Gasteiger partial charge in [0.05, 0.1) is 0 Å². The lowest BCUT2D eigenvalue weighted by Gasteiger charge is -2.52. The molecule has 1 saturated carbocycles. The van der Waals surface area contributed by atoms with E-state index in [9.17, 15) is 4.79 Å². The molecule has 2 unspecified atom stereocenters. The van der Waals surface area contributed by atoms with Crippen LogP contribution in [-0.2, 0) is 6.54 Å². The number of hydrogen-bond acceptors (Lipinski definition) is 2. The van der Waals surface area contributed by atoms with Gasteiger partial charge in [-0.2, -0.15) is 0 Å². The van der Waals surface area contributed by atoms with Crippen molar-refractivity contribution >= 4 is 5.91 Å². The number of carbonyl (C=O) groups excluding carboxylic acids is 1. The second kappa shape index (κ2) is 5.37. The zero-order chi connectivity index (χ0) is 14.0. The highest BCUT2D eigenvalue weighted by Gasteiger charge is 2.47. The number of nitrogens with zero attached hydrogens (tertiary/aromatic N) is 1. The van der Waals surface area contributed by atoms with Crippen molar-refractivity contribution in [2.24, 2.45) is 17.1 Å². The lowest BCUT2D eigenvalue weighted by Crippen LogP contribution is -2.60. The summed E-state index contributed by atoms with van der Waals surface area (Å²) in [6.07, 6.45) is 3.98. The molecule has 0 radical (unpaired) electrons. The van der Waals surface area contributed by atoms with Crippen LogP contribution < -0.4 is 11.1 Å². The molecular formula is C15H25N3O. The average molecular weight is 263 g/mol. The van der Waals surface area contributed by atoms with Gasteiger partial charge in [-0.15, -0.1) is 0 Å². The van der Waals surface area contributed by atoms with E-state index < -0.39 is 0 Å². The summed E-state index contributed by atoms with van der Waals surface area (Å²) in [4.78, 5) is 12.3. The van der Waals surface area contributed by atoms with Gasteiger partial charge in [-0.3, -0.25) is 4.79 Å². The van der Waals surface area contributed by atoms with E-state index in [2.05, 4.69) is 26.1 Å². The molecule has 0 saturated heterocycles. The fraction of sp³-hybridized carbons (Fsp3) is 0.667. The molecule has 1 aliphatic rings. The van der Waals surface area contributed by atoms with Crippen LogP contribution in [0.15, 0.2) is 18.3 Å². The molecule has 1 heterocycles. The Hall–Kier alpha value is -1.29. The Bertz CT molecular complexity index is 450. The molecule has 0 spiro atoms. The van der Waals surface area contributed by atoms with E-state index in [1.807, 2.05) is 22.9 Å². The van der Waals surface area contributed by atoms with E-state index in [4.69, 9.17) is 5.73 Å². The van der Waals surface area contributed by atoms with Crippen molar-refractivity contribution < 1.29 is 4.79 Å². The van der Waals surface area contributed by atoms with E-state index in [1.54, 1.807) is 0 Å². The van der Waals surface area contributed by atoms with Crippen LogP contribution in [-0.4, -0.2) is 23.1 Å². The van der Waals surface area contributed by atoms with E-state index >= 15 is 0 Å². The number of aryl methyl sites for hydroxylation is 1.